The number of amides is 1. The van der Waals surface area contributed by atoms with Gasteiger partial charge in [0.1, 0.15) is 4.91 Å². The molecule has 1 atom stereocenters. The predicted octanol–water partition coefficient (Wildman–Crippen LogP) is 0.931. The number of carbonyl (C=O) groups excluding carboxylic acids is 1. The van der Waals surface area contributed by atoms with Crippen LogP contribution in [0.1, 0.15) is 13.3 Å². The molecule has 0 aromatic rings. The van der Waals surface area contributed by atoms with Crippen LogP contribution in [0.15, 0.2) is 34.5 Å². The number of nitriles is 1. The molecular formula is C11H10N2O4S. The zero-order valence-electron chi connectivity index (χ0n) is 9.49. The van der Waals surface area contributed by atoms with E-state index in [-0.39, 0.29) is 10.8 Å². The third kappa shape index (κ3) is 1.96. The average molecular weight is 266 g/mol. The second-order valence-electron chi connectivity index (χ2n) is 4.13. The van der Waals surface area contributed by atoms with E-state index in [1.807, 2.05) is 6.07 Å². The summed E-state index contributed by atoms with van der Waals surface area (Å²) in [5, 5.41) is 8.99. The van der Waals surface area contributed by atoms with Gasteiger partial charge >= 0.3 is 0 Å². The Kier molecular flexibility index (Phi) is 2.84. The SMILES string of the molecule is CC1CC(C#N)=C2C=CC(S(=O)(=O)O)=CN2C1=O. The van der Waals surface area contributed by atoms with Gasteiger partial charge in [-0.05, 0) is 18.6 Å². The van der Waals surface area contributed by atoms with E-state index < -0.39 is 16.0 Å². The molecule has 1 amide bonds. The van der Waals surface area contributed by atoms with Crippen LogP contribution in [0.2, 0.25) is 0 Å². The van der Waals surface area contributed by atoms with Crippen LogP contribution < -0.4 is 0 Å². The van der Waals surface area contributed by atoms with E-state index in [1.54, 1.807) is 6.92 Å². The molecule has 1 unspecified atom stereocenters. The third-order valence-electron chi connectivity index (χ3n) is 2.83. The van der Waals surface area contributed by atoms with E-state index in [9.17, 15) is 13.2 Å². The first-order valence-electron chi connectivity index (χ1n) is 5.18. The molecule has 1 N–H and O–H groups in total. The minimum Gasteiger partial charge on any atom is -0.285 e. The Labute approximate surface area is 104 Å². The number of fused-ring (bicyclic) bond motifs is 1. The summed E-state index contributed by atoms with van der Waals surface area (Å²) in [6.07, 6.45) is 3.90. The van der Waals surface area contributed by atoms with Gasteiger partial charge in [0.25, 0.3) is 10.1 Å². The van der Waals surface area contributed by atoms with Gasteiger partial charge in [-0.25, -0.2) is 0 Å². The van der Waals surface area contributed by atoms with Crippen molar-refractivity contribution in [3.63, 3.8) is 0 Å². The lowest BCUT2D eigenvalue weighted by atomic mass is 9.93. The summed E-state index contributed by atoms with van der Waals surface area (Å²) in [6, 6.07) is 2.00. The van der Waals surface area contributed by atoms with E-state index >= 15 is 0 Å². The first-order valence-corrected chi connectivity index (χ1v) is 6.62. The van der Waals surface area contributed by atoms with Crippen LogP contribution >= 0.6 is 0 Å². The Hall–Kier alpha value is -1.91. The van der Waals surface area contributed by atoms with Crippen molar-refractivity contribution in [2.45, 2.75) is 13.3 Å². The maximum absolute atomic E-state index is 11.9. The average Bonchev–Trinajstić information content (AvgIpc) is 2.32. The minimum atomic E-state index is -4.37. The van der Waals surface area contributed by atoms with Gasteiger partial charge in [0, 0.05) is 12.1 Å². The molecule has 2 aliphatic rings. The molecule has 0 aromatic heterocycles. The van der Waals surface area contributed by atoms with E-state index in [4.69, 9.17) is 9.81 Å². The molecule has 0 aromatic carbocycles. The van der Waals surface area contributed by atoms with Crippen molar-refractivity contribution in [3.05, 3.63) is 34.5 Å². The van der Waals surface area contributed by atoms with Crippen LogP contribution in [-0.2, 0) is 14.9 Å². The molecule has 2 aliphatic heterocycles. The molecule has 0 aliphatic carbocycles. The highest BCUT2D eigenvalue weighted by Gasteiger charge is 2.33. The molecule has 7 heteroatoms. The molecule has 2 heterocycles. The lowest BCUT2D eigenvalue weighted by Gasteiger charge is -2.31. The van der Waals surface area contributed by atoms with Crippen LogP contribution in [-0.4, -0.2) is 23.8 Å². The molecule has 0 spiro atoms. The first kappa shape index (κ1) is 12.5. The molecule has 94 valence electrons. The second-order valence-corrected chi connectivity index (χ2v) is 5.55. The monoisotopic (exact) mass is 266 g/mol. The molecule has 18 heavy (non-hydrogen) atoms. The Morgan fingerprint density at radius 2 is 2.17 bits per heavy atom. The fourth-order valence-corrected chi connectivity index (χ4v) is 2.38. The minimum absolute atomic E-state index is 0.297. The standard InChI is InChI=1S/C11H10N2O4S/c1-7-4-8(5-12)10-3-2-9(18(15,16)17)6-13(10)11(7)14/h2-3,6-7H,4H2,1H3,(H,15,16,17). The summed E-state index contributed by atoms with van der Waals surface area (Å²) < 4.78 is 31.0. The van der Waals surface area contributed by atoms with Crippen LogP contribution in [0.4, 0.5) is 0 Å². The Morgan fingerprint density at radius 3 is 2.72 bits per heavy atom. The molecule has 0 saturated carbocycles. The van der Waals surface area contributed by atoms with Gasteiger partial charge in [0.05, 0.1) is 17.3 Å². The Balaban J connectivity index is 2.57. The molecule has 0 radical (unpaired) electrons. The molecule has 2 rings (SSSR count). The maximum Gasteiger partial charge on any atom is 0.295 e. The zero-order valence-corrected chi connectivity index (χ0v) is 10.3. The van der Waals surface area contributed by atoms with Crippen molar-refractivity contribution >= 4 is 16.0 Å². The van der Waals surface area contributed by atoms with Crippen molar-refractivity contribution in [1.82, 2.24) is 4.90 Å². The van der Waals surface area contributed by atoms with Crippen LogP contribution in [0, 0.1) is 17.2 Å². The van der Waals surface area contributed by atoms with Gasteiger partial charge in [0.2, 0.25) is 5.91 Å². The third-order valence-corrected chi connectivity index (χ3v) is 3.67. The summed E-state index contributed by atoms with van der Waals surface area (Å²) in [5.41, 5.74) is 0.789. The number of rotatable bonds is 1. The number of hydrogen-bond acceptors (Lipinski definition) is 4. The predicted molar refractivity (Wildman–Crippen MR) is 62.0 cm³/mol. The quantitative estimate of drug-likeness (QED) is 0.712. The largest absolute Gasteiger partial charge is 0.295 e. The Morgan fingerprint density at radius 1 is 1.50 bits per heavy atom. The maximum atomic E-state index is 11.9. The fraction of sp³-hybridized carbons (Fsp3) is 0.273. The van der Waals surface area contributed by atoms with E-state index in [2.05, 4.69) is 0 Å². The van der Waals surface area contributed by atoms with Gasteiger partial charge < -0.3 is 0 Å². The summed E-state index contributed by atoms with van der Waals surface area (Å²) >= 11 is 0. The normalized spacial score (nSPS) is 23.6. The van der Waals surface area contributed by atoms with Crippen molar-refractivity contribution in [2.75, 3.05) is 0 Å². The molecule has 0 bridgehead atoms. The molecular weight excluding hydrogens is 256 g/mol. The number of carbonyl (C=O) groups is 1. The summed E-state index contributed by atoms with van der Waals surface area (Å²) in [4.78, 5) is 12.7. The second kappa shape index (κ2) is 4.08. The van der Waals surface area contributed by atoms with Gasteiger partial charge in [-0.3, -0.25) is 14.2 Å². The highest BCUT2D eigenvalue weighted by molar-refractivity contribution is 7.90. The van der Waals surface area contributed by atoms with Crippen LogP contribution in [0.25, 0.3) is 0 Å². The van der Waals surface area contributed by atoms with Gasteiger partial charge in [-0.2, -0.15) is 13.7 Å². The van der Waals surface area contributed by atoms with Crippen molar-refractivity contribution in [3.8, 4) is 6.07 Å². The lowest BCUT2D eigenvalue weighted by molar-refractivity contribution is -0.131. The van der Waals surface area contributed by atoms with E-state index in [1.165, 1.54) is 12.2 Å². The number of allylic oxidation sites excluding steroid dienone is 3. The highest BCUT2D eigenvalue weighted by atomic mass is 32.2. The van der Waals surface area contributed by atoms with Crippen LogP contribution in [0.3, 0.4) is 0 Å². The fourth-order valence-electron chi connectivity index (χ4n) is 1.90. The lowest BCUT2D eigenvalue weighted by Crippen LogP contribution is -2.36. The number of nitrogens with zero attached hydrogens (tertiary/aromatic N) is 2. The first-order chi connectivity index (χ1) is 8.34. The van der Waals surface area contributed by atoms with Crippen molar-refractivity contribution in [2.24, 2.45) is 5.92 Å². The highest BCUT2D eigenvalue weighted by Crippen LogP contribution is 2.31. The molecule has 6 nitrogen and oxygen atoms in total. The van der Waals surface area contributed by atoms with Crippen molar-refractivity contribution in [1.29, 1.82) is 5.26 Å². The van der Waals surface area contributed by atoms with Crippen LogP contribution in [0.5, 0.6) is 0 Å². The molecule has 0 saturated heterocycles. The summed E-state index contributed by atoms with van der Waals surface area (Å²) in [6.45, 7) is 1.66. The van der Waals surface area contributed by atoms with Gasteiger partial charge in [-0.1, -0.05) is 6.92 Å². The van der Waals surface area contributed by atoms with Gasteiger partial charge in [-0.15, -0.1) is 0 Å². The molecule has 0 fully saturated rings. The summed E-state index contributed by atoms with van der Waals surface area (Å²) in [5.74, 6) is -0.691. The van der Waals surface area contributed by atoms with E-state index in [0.717, 1.165) is 11.1 Å². The summed E-state index contributed by atoms with van der Waals surface area (Å²) in [7, 11) is -4.37. The van der Waals surface area contributed by atoms with Crippen molar-refractivity contribution < 1.29 is 17.8 Å². The Bertz CT molecular complexity index is 649. The number of hydrogen-bond donors (Lipinski definition) is 1. The topological polar surface area (TPSA) is 98.5 Å². The smallest absolute Gasteiger partial charge is 0.285 e. The zero-order chi connectivity index (χ0) is 13.5. The van der Waals surface area contributed by atoms with E-state index in [0.29, 0.717) is 17.7 Å². The van der Waals surface area contributed by atoms with Gasteiger partial charge in [0.15, 0.2) is 0 Å².